The summed E-state index contributed by atoms with van der Waals surface area (Å²) in [4.78, 5) is 13.3. The number of esters is 1. The Hall–Kier alpha value is -0.130. The normalized spacial score (nSPS) is 23.4. The van der Waals surface area contributed by atoms with Gasteiger partial charge in [-0.15, -0.1) is 0 Å². The number of hydrogen-bond donors (Lipinski definition) is 0. The lowest BCUT2D eigenvalue weighted by molar-refractivity contribution is -0.140. The van der Waals surface area contributed by atoms with E-state index in [4.69, 9.17) is 9.47 Å². The van der Waals surface area contributed by atoms with Gasteiger partial charge in [0.2, 0.25) is 0 Å². The summed E-state index contributed by atoms with van der Waals surface area (Å²) in [5, 5.41) is 0. The van der Waals surface area contributed by atoms with Crippen LogP contribution in [0.15, 0.2) is 0 Å². The minimum Gasteiger partial charge on any atom is -0.468 e. The topological polar surface area (TPSA) is 38.8 Å². The van der Waals surface area contributed by atoms with Crippen LogP contribution in [0.4, 0.5) is 0 Å². The Bertz CT molecular complexity index is 238. The highest BCUT2D eigenvalue weighted by Gasteiger charge is 2.24. The molecule has 0 saturated carbocycles. The molecule has 0 aromatic rings. The summed E-state index contributed by atoms with van der Waals surface area (Å²) in [6, 6.07) is 0. The summed E-state index contributed by atoms with van der Waals surface area (Å²) < 4.78 is 10.5. The van der Waals surface area contributed by atoms with Gasteiger partial charge in [-0.3, -0.25) is 9.69 Å². The molecule has 0 aromatic heterocycles. The van der Waals surface area contributed by atoms with E-state index in [0.717, 1.165) is 39.0 Å². The Balaban J connectivity index is 2.31. The van der Waals surface area contributed by atoms with Crippen molar-refractivity contribution in [2.75, 3.05) is 33.4 Å². The molecule has 100 valence electrons. The molecule has 1 heterocycles. The minimum atomic E-state index is -0.238. The minimum absolute atomic E-state index is 0.207. The number of likely N-dealkylation sites (tertiary alicyclic amines) is 1. The lowest BCUT2D eigenvalue weighted by Crippen LogP contribution is -2.43. The number of rotatable bonds is 6. The first-order valence-corrected chi connectivity index (χ1v) is 7.14. The molecule has 0 bridgehead atoms. The molecular formula is C12H22BrNO3. The van der Waals surface area contributed by atoms with Crippen LogP contribution in [-0.4, -0.2) is 55.2 Å². The Morgan fingerprint density at radius 1 is 1.59 bits per heavy atom. The average Bonchev–Trinajstić information content (AvgIpc) is 2.35. The zero-order valence-corrected chi connectivity index (χ0v) is 12.2. The molecule has 0 aromatic carbocycles. The summed E-state index contributed by atoms with van der Waals surface area (Å²) in [6.45, 7) is 5.59. The van der Waals surface area contributed by atoms with Gasteiger partial charge in [-0.25, -0.2) is 0 Å². The third-order valence-electron chi connectivity index (χ3n) is 2.90. The fourth-order valence-corrected chi connectivity index (χ4v) is 2.63. The number of halogens is 1. The molecule has 1 rings (SSSR count). The summed E-state index contributed by atoms with van der Waals surface area (Å²) in [7, 11) is 1.42. The van der Waals surface area contributed by atoms with E-state index < -0.39 is 0 Å². The molecule has 0 aliphatic carbocycles. The molecule has 17 heavy (non-hydrogen) atoms. The van der Waals surface area contributed by atoms with Crippen LogP contribution in [0.2, 0.25) is 0 Å². The predicted octanol–water partition coefficient (Wildman–Crippen LogP) is 1.81. The molecular weight excluding hydrogens is 286 g/mol. The van der Waals surface area contributed by atoms with E-state index in [9.17, 15) is 4.79 Å². The summed E-state index contributed by atoms with van der Waals surface area (Å²) in [5.41, 5.74) is 0. The van der Waals surface area contributed by atoms with Gasteiger partial charge in [-0.1, -0.05) is 22.9 Å². The number of alkyl halides is 1. The number of methoxy groups -OCH3 is 1. The molecule has 1 fully saturated rings. The highest BCUT2D eigenvalue weighted by Crippen LogP contribution is 2.15. The van der Waals surface area contributed by atoms with Crippen LogP contribution < -0.4 is 0 Å². The van der Waals surface area contributed by atoms with Crippen molar-refractivity contribution in [1.29, 1.82) is 0 Å². The van der Waals surface area contributed by atoms with E-state index in [1.54, 1.807) is 0 Å². The second-order valence-electron chi connectivity index (χ2n) is 4.39. The first-order chi connectivity index (χ1) is 8.17. The number of carbonyl (C=O) groups is 1. The van der Waals surface area contributed by atoms with Gasteiger partial charge in [-0.2, -0.15) is 0 Å². The van der Waals surface area contributed by atoms with Gasteiger partial charge in [0.25, 0.3) is 0 Å². The van der Waals surface area contributed by atoms with Crippen LogP contribution in [0.1, 0.15) is 26.2 Å². The van der Waals surface area contributed by atoms with Crippen molar-refractivity contribution in [3.8, 4) is 0 Å². The molecule has 2 atom stereocenters. The Labute approximate surface area is 112 Å². The van der Waals surface area contributed by atoms with E-state index in [2.05, 4.69) is 27.8 Å². The van der Waals surface area contributed by atoms with Crippen molar-refractivity contribution in [2.24, 2.45) is 0 Å². The molecule has 4 nitrogen and oxygen atoms in total. The third kappa shape index (κ3) is 5.36. The largest absolute Gasteiger partial charge is 0.468 e. The Morgan fingerprint density at radius 3 is 3.00 bits per heavy atom. The smallest absolute Gasteiger partial charge is 0.320 e. The fraction of sp³-hybridized carbons (Fsp3) is 0.917. The molecule has 5 heteroatoms. The van der Waals surface area contributed by atoms with E-state index in [0.29, 0.717) is 12.6 Å². The quantitative estimate of drug-likeness (QED) is 0.554. The molecule has 1 saturated heterocycles. The van der Waals surface area contributed by atoms with Crippen LogP contribution in [0.3, 0.4) is 0 Å². The van der Waals surface area contributed by atoms with Gasteiger partial charge < -0.3 is 9.47 Å². The molecule has 1 aliphatic rings. The van der Waals surface area contributed by atoms with Crippen molar-refractivity contribution in [1.82, 2.24) is 4.90 Å². The standard InChI is InChI=1S/C12H22BrNO3/c1-3-7-17-10-5-4-6-14(8-10)9-11(13)12(15)16-2/h10-11H,3-9H2,1-2H3. The molecule has 0 radical (unpaired) electrons. The van der Waals surface area contributed by atoms with Gasteiger partial charge in [0, 0.05) is 19.7 Å². The lowest BCUT2D eigenvalue weighted by Gasteiger charge is -2.33. The predicted molar refractivity (Wildman–Crippen MR) is 70.4 cm³/mol. The highest BCUT2D eigenvalue weighted by atomic mass is 79.9. The van der Waals surface area contributed by atoms with Crippen molar-refractivity contribution >= 4 is 21.9 Å². The summed E-state index contributed by atoms with van der Waals surface area (Å²) >= 11 is 3.35. The van der Waals surface area contributed by atoms with Crippen LogP contribution in [0.25, 0.3) is 0 Å². The zero-order chi connectivity index (χ0) is 12.7. The van der Waals surface area contributed by atoms with Crippen LogP contribution in [-0.2, 0) is 14.3 Å². The lowest BCUT2D eigenvalue weighted by atomic mass is 10.1. The van der Waals surface area contributed by atoms with Gasteiger partial charge in [0.15, 0.2) is 0 Å². The van der Waals surface area contributed by atoms with Gasteiger partial charge in [-0.05, 0) is 25.8 Å². The van der Waals surface area contributed by atoms with Gasteiger partial charge in [0.05, 0.1) is 13.2 Å². The summed E-state index contributed by atoms with van der Waals surface area (Å²) in [5.74, 6) is -0.207. The second-order valence-corrected chi connectivity index (χ2v) is 5.49. The van der Waals surface area contributed by atoms with Crippen molar-refractivity contribution < 1.29 is 14.3 Å². The monoisotopic (exact) mass is 307 g/mol. The van der Waals surface area contributed by atoms with E-state index in [-0.39, 0.29) is 10.8 Å². The zero-order valence-electron chi connectivity index (χ0n) is 10.7. The summed E-state index contributed by atoms with van der Waals surface area (Å²) in [6.07, 6.45) is 3.64. The number of nitrogens with zero attached hydrogens (tertiary/aromatic N) is 1. The van der Waals surface area contributed by atoms with Crippen LogP contribution >= 0.6 is 15.9 Å². The Kier molecular flexibility index (Phi) is 7.08. The van der Waals surface area contributed by atoms with E-state index in [1.807, 2.05) is 0 Å². The third-order valence-corrected chi connectivity index (χ3v) is 3.56. The van der Waals surface area contributed by atoms with Crippen molar-refractivity contribution in [3.63, 3.8) is 0 Å². The number of carbonyl (C=O) groups excluding carboxylic acids is 1. The number of ether oxygens (including phenoxy) is 2. The van der Waals surface area contributed by atoms with Crippen LogP contribution in [0, 0.1) is 0 Å². The molecule has 1 aliphatic heterocycles. The van der Waals surface area contributed by atoms with Crippen molar-refractivity contribution in [3.05, 3.63) is 0 Å². The van der Waals surface area contributed by atoms with Gasteiger partial charge >= 0.3 is 5.97 Å². The maximum atomic E-state index is 11.3. The maximum absolute atomic E-state index is 11.3. The molecule has 0 N–H and O–H groups in total. The SMILES string of the molecule is CCCOC1CCCN(CC(Br)C(=O)OC)C1. The number of hydrogen-bond acceptors (Lipinski definition) is 4. The average molecular weight is 308 g/mol. The van der Waals surface area contributed by atoms with Crippen molar-refractivity contribution in [2.45, 2.75) is 37.1 Å². The molecule has 0 amide bonds. The first kappa shape index (κ1) is 14.9. The van der Waals surface area contributed by atoms with Gasteiger partial charge in [0.1, 0.15) is 4.83 Å². The van der Waals surface area contributed by atoms with E-state index in [1.165, 1.54) is 7.11 Å². The number of piperidine rings is 1. The second kappa shape index (κ2) is 8.06. The van der Waals surface area contributed by atoms with Crippen LogP contribution in [0.5, 0.6) is 0 Å². The first-order valence-electron chi connectivity index (χ1n) is 6.23. The molecule has 0 spiro atoms. The molecule has 2 unspecified atom stereocenters. The van der Waals surface area contributed by atoms with E-state index >= 15 is 0 Å². The maximum Gasteiger partial charge on any atom is 0.320 e. The Morgan fingerprint density at radius 2 is 2.35 bits per heavy atom. The highest BCUT2D eigenvalue weighted by molar-refractivity contribution is 9.10. The fourth-order valence-electron chi connectivity index (χ4n) is 2.03.